The van der Waals surface area contributed by atoms with E-state index in [2.05, 4.69) is 15.0 Å². The predicted molar refractivity (Wildman–Crippen MR) is 39.5 cm³/mol. The molecular formula is C7H9FN2O2. The van der Waals surface area contributed by atoms with Crippen molar-refractivity contribution in [1.29, 1.82) is 0 Å². The molecule has 1 heterocycles. The first-order chi connectivity index (χ1) is 5.75. The molecule has 12 heavy (non-hydrogen) atoms. The van der Waals surface area contributed by atoms with Crippen LogP contribution in [-0.2, 0) is 0 Å². The first kappa shape index (κ1) is 8.70. The smallest absolute Gasteiger partial charge is 0.290 e. The number of hydrogen-bond donors (Lipinski definition) is 1. The molecular weight excluding hydrogens is 163 g/mol. The van der Waals surface area contributed by atoms with Crippen molar-refractivity contribution in [3.05, 3.63) is 17.5 Å². The zero-order chi connectivity index (χ0) is 8.97. The molecule has 1 rings (SSSR count). The summed E-state index contributed by atoms with van der Waals surface area (Å²) in [6, 6.07) is 0. The normalized spacial score (nSPS) is 9.83. The molecule has 0 saturated heterocycles. The highest BCUT2D eigenvalue weighted by Crippen LogP contribution is 2.04. The van der Waals surface area contributed by atoms with E-state index in [4.69, 9.17) is 0 Å². The van der Waals surface area contributed by atoms with Crippen molar-refractivity contribution >= 4 is 5.91 Å². The third-order valence-electron chi connectivity index (χ3n) is 1.33. The Morgan fingerprint density at radius 2 is 2.58 bits per heavy atom. The van der Waals surface area contributed by atoms with Crippen molar-refractivity contribution in [2.24, 2.45) is 0 Å². The summed E-state index contributed by atoms with van der Waals surface area (Å²) in [5, 5.41) is 5.75. The standard InChI is InChI=1S/C7H9FN2O2/c1-5-4-10-12-6(5)7(11)9-3-2-8/h4H,2-3H2,1H3,(H,9,11). The Bertz CT molecular complexity index is 272. The quantitative estimate of drug-likeness (QED) is 0.729. The van der Waals surface area contributed by atoms with Crippen LogP contribution in [0.4, 0.5) is 4.39 Å². The summed E-state index contributed by atoms with van der Waals surface area (Å²) in [7, 11) is 0. The molecule has 0 aliphatic rings. The third kappa shape index (κ3) is 1.81. The Morgan fingerprint density at radius 1 is 1.83 bits per heavy atom. The molecule has 1 N–H and O–H groups in total. The largest absolute Gasteiger partial charge is 0.351 e. The van der Waals surface area contributed by atoms with Gasteiger partial charge in [0.1, 0.15) is 6.67 Å². The van der Waals surface area contributed by atoms with Gasteiger partial charge >= 0.3 is 0 Å². The van der Waals surface area contributed by atoms with Gasteiger partial charge in [-0.25, -0.2) is 4.39 Å². The molecule has 1 aromatic rings. The molecule has 0 unspecified atom stereocenters. The fourth-order valence-electron chi connectivity index (χ4n) is 0.750. The summed E-state index contributed by atoms with van der Waals surface area (Å²) >= 11 is 0. The summed E-state index contributed by atoms with van der Waals surface area (Å²) < 4.78 is 16.3. The van der Waals surface area contributed by atoms with Crippen LogP contribution in [0.25, 0.3) is 0 Å². The molecule has 0 atom stereocenters. The average molecular weight is 172 g/mol. The van der Waals surface area contributed by atoms with Gasteiger partial charge in [-0.2, -0.15) is 0 Å². The fourth-order valence-corrected chi connectivity index (χ4v) is 0.750. The number of alkyl halides is 1. The molecule has 0 aliphatic heterocycles. The summed E-state index contributed by atoms with van der Waals surface area (Å²) in [5.41, 5.74) is 0.645. The number of carbonyl (C=O) groups excluding carboxylic acids is 1. The number of nitrogens with one attached hydrogen (secondary N) is 1. The lowest BCUT2D eigenvalue weighted by Gasteiger charge is -1.97. The van der Waals surface area contributed by atoms with Crippen LogP contribution < -0.4 is 5.32 Å². The predicted octanol–water partition coefficient (Wildman–Crippen LogP) is 0.682. The van der Waals surface area contributed by atoms with Crippen LogP contribution in [0.2, 0.25) is 0 Å². The fraction of sp³-hybridized carbons (Fsp3) is 0.429. The Hall–Kier alpha value is -1.39. The molecule has 0 aromatic carbocycles. The highest BCUT2D eigenvalue weighted by molar-refractivity contribution is 5.92. The van der Waals surface area contributed by atoms with Crippen molar-refractivity contribution in [1.82, 2.24) is 10.5 Å². The van der Waals surface area contributed by atoms with E-state index in [-0.39, 0.29) is 12.3 Å². The number of amides is 1. The van der Waals surface area contributed by atoms with Gasteiger partial charge in [0.25, 0.3) is 5.91 Å². The second kappa shape index (κ2) is 3.85. The Kier molecular flexibility index (Phi) is 2.79. The SMILES string of the molecule is Cc1cnoc1C(=O)NCCF. The lowest BCUT2D eigenvalue weighted by atomic mass is 10.3. The van der Waals surface area contributed by atoms with Crippen LogP contribution in [0.5, 0.6) is 0 Å². The molecule has 1 amide bonds. The van der Waals surface area contributed by atoms with E-state index in [1.165, 1.54) is 6.20 Å². The van der Waals surface area contributed by atoms with Crippen molar-refractivity contribution in [2.75, 3.05) is 13.2 Å². The Labute approximate surface area is 68.7 Å². The van der Waals surface area contributed by atoms with Crippen LogP contribution >= 0.6 is 0 Å². The van der Waals surface area contributed by atoms with Gasteiger partial charge in [0.05, 0.1) is 6.20 Å². The van der Waals surface area contributed by atoms with Crippen molar-refractivity contribution in [2.45, 2.75) is 6.92 Å². The third-order valence-corrected chi connectivity index (χ3v) is 1.33. The number of carbonyl (C=O) groups is 1. The Morgan fingerprint density at radius 3 is 3.08 bits per heavy atom. The van der Waals surface area contributed by atoms with Crippen LogP contribution in [0.15, 0.2) is 10.7 Å². The van der Waals surface area contributed by atoms with E-state index in [1.54, 1.807) is 6.92 Å². The average Bonchev–Trinajstić information content (AvgIpc) is 2.47. The maximum Gasteiger partial charge on any atom is 0.290 e. The summed E-state index contributed by atoms with van der Waals surface area (Å²) in [4.78, 5) is 11.1. The molecule has 0 spiro atoms. The minimum absolute atomic E-state index is 0.00102. The number of aromatic nitrogens is 1. The zero-order valence-corrected chi connectivity index (χ0v) is 6.63. The monoisotopic (exact) mass is 172 g/mol. The minimum atomic E-state index is -0.584. The first-order valence-electron chi connectivity index (χ1n) is 3.51. The molecule has 0 radical (unpaired) electrons. The van der Waals surface area contributed by atoms with Gasteiger partial charge in [-0.1, -0.05) is 5.16 Å². The van der Waals surface area contributed by atoms with Crippen LogP contribution in [0.3, 0.4) is 0 Å². The minimum Gasteiger partial charge on any atom is -0.351 e. The van der Waals surface area contributed by atoms with E-state index in [0.29, 0.717) is 5.56 Å². The Balaban J connectivity index is 2.59. The van der Waals surface area contributed by atoms with Gasteiger partial charge in [0.2, 0.25) is 5.76 Å². The lowest BCUT2D eigenvalue weighted by Crippen LogP contribution is -2.25. The molecule has 0 fully saturated rings. The molecule has 66 valence electrons. The van der Waals surface area contributed by atoms with Gasteiger partial charge in [-0.3, -0.25) is 4.79 Å². The van der Waals surface area contributed by atoms with E-state index in [9.17, 15) is 9.18 Å². The van der Waals surface area contributed by atoms with Crippen molar-refractivity contribution in [3.8, 4) is 0 Å². The molecule has 0 bridgehead atoms. The number of hydrogen-bond acceptors (Lipinski definition) is 3. The topological polar surface area (TPSA) is 55.1 Å². The summed E-state index contributed by atoms with van der Waals surface area (Å²) in [5.74, 6) is -0.286. The van der Waals surface area contributed by atoms with Gasteiger partial charge in [-0.05, 0) is 6.92 Å². The number of nitrogens with zero attached hydrogens (tertiary/aromatic N) is 1. The zero-order valence-electron chi connectivity index (χ0n) is 6.63. The van der Waals surface area contributed by atoms with E-state index < -0.39 is 12.6 Å². The van der Waals surface area contributed by atoms with Crippen molar-refractivity contribution < 1.29 is 13.7 Å². The molecule has 5 heteroatoms. The summed E-state index contributed by atoms with van der Waals surface area (Å²) in [6.07, 6.45) is 1.43. The van der Waals surface area contributed by atoms with E-state index >= 15 is 0 Å². The van der Waals surface area contributed by atoms with Gasteiger partial charge < -0.3 is 9.84 Å². The van der Waals surface area contributed by atoms with Gasteiger partial charge in [-0.15, -0.1) is 0 Å². The number of rotatable bonds is 3. The van der Waals surface area contributed by atoms with Crippen LogP contribution in [0.1, 0.15) is 16.1 Å². The van der Waals surface area contributed by atoms with Crippen LogP contribution in [-0.4, -0.2) is 24.3 Å². The molecule has 1 aromatic heterocycles. The maximum atomic E-state index is 11.6. The highest BCUT2D eigenvalue weighted by Gasteiger charge is 2.12. The maximum absolute atomic E-state index is 11.6. The van der Waals surface area contributed by atoms with Crippen molar-refractivity contribution in [3.63, 3.8) is 0 Å². The second-order valence-corrected chi connectivity index (χ2v) is 2.28. The van der Waals surface area contributed by atoms with Crippen LogP contribution in [0, 0.1) is 6.92 Å². The highest BCUT2D eigenvalue weighted by atomic mass is 19.1. The van der Waals surface area contributed by atoms with E-state index in [1.807, 2.05) is 0 Å². The summed E-state index contributed by atoms with van der Waals surface area (Å²) in [6.45, 7) is 1.11. The molecule has 0 saturated carbocycles. The lowest BCUT2D eigenvalue weighted by molar-refractivity contribution is 0.0913. The van der Waals surface area contributed by atoms with Gasteiger partial charge in [0.15, 0.2) is 0 Å². The molecule has 0 aliphatic carbocycles. The number of aryl methyl sites for hydroxylation is 1. The van der Waals surface area contributed by atoms with Gasteiger partial charge in [0, 0.05) is 12.1 Å². The second-order valence-electron chi connectivity index (χ2n) is 2.28. The van der Waals surface area contributed by atoms with E-state index in [0.717, 1.165) is 0 Å². The first-order valence-corrected chi connectivity index (χ1v) is 3.51. The number of halogens is 1. The molecule has 4 nitrogen and oxygen atoms in total.